The minimum Gasteiger partial charge on any atom is -0.304 e. The molecule has 5 heteroatoms. The van der Waals surface area contributed by atoms with E-state index in [1.807, 2.05) is 0 Å². The Hall–Kier alpha value is -1.88. The first kappa shape index (κ1) is 16.2. The second-order valence-corrected chi connectivity index (χ2v) is 4.32. The number of benzene rings is 1. The molecule has 110 valence electrons. The molecular weight excluding hydrogens is 258 g/mol. The summed E-state index contributed by atoms with van der Waals surface area (Å²) in [5.41, 5.74) is 0.350. The van der Waals surface area contributed by atoms with Crippen molar-refractivity contribution in [3.63, 3.8) is 0 Å². The molecule has 0 aliphatic carbocycles. The third-order valence-electron chi connectivity index (χ3n) is 2.97. The zero-order valence-electron chi connectivity index (χ0n) is 12.0. The Balaban J connectivity index is 2.22. The van der Waals surface area contributed by atoms with E-state index in [4.69, 9.17) is 0 Å². The average Bonchev–Trinajstić information content (AvgIpc) is 2.50. The van der Waals surface area contributed by atoms with Gasteiger partial charge in [0.05, 0.1) is 12.0 Å². The van der Waals surface area contributed by atoms with E-state index < -0.39 is 11.9 Å². The summed E-state index contributed by atoms with van der Waals surface area (Å²) in [6.45, 7) is 6.88. The van der Waals surface area contributed by atoms with Crippen LogP contribution >= 0.6 is 0 Å². The molecule has 1 aromatic rings. The van der Waals surface area contributed by atoms with Gasteiger partial charge in [0.2, 0.25) is 0 Å². The van der Waals surface area contributed by atoms with Crippen LogP contribution in [0.5, 0.6) is 0 Å². The van der Waals surface area contributed by atoms with Crippen molar-refractivity contribution < 1.29 is 19.4 Å². The molecule has 0 heterocycles. The second-order valence-electron chi connectivity index (χ2n) is 4.32. The van der Waals surface area contributed by atoms with Gasteiger partial charge in [-0.3, -0.25) is 0 Å². The highest BCUT2D eigenvalue weighted by molar-refractivity contribution is 5.89. The summed E-state index contributed by atoms with van der Waals surface area (Å²) in [5, 5.41) is 0. The Labute approximate surface area is 119 Å². The van der Waals surface area contributed by atoms with Gasteiger partial charge >= 0.3 is 11.9 Å². The monoisotopic (exact) mass is 279 g/mol. The van der Waals surface area contributed by atoms with Gasteiger partial charge in [-0.25, -0.2) is 19.4 Å². The first-order chi connectivity index (χ1) is 9.67. The lowest BCUT2D eigenvalue weighted by atomic mass is 10.2. The molecule has 0 radical (unpaired) electrons. The summed E-state index contributed by atoms with van der Waals surface area (Å²) in [4.78, 5) is 34.1. The maximum Gasteiger partial charge on any atom is 0.386 e. The second kappa shape index (κ2) is 9.09. The number of hydrogen-bond donors (Lipinski definition) is 0. The third kappa shape index (κ3) is 5.84. The summed E-state index contributed by atoms with van der Waals surface area (Å²) in [6.07, 6.45) is 0.919. The lowest BCUT2D eigenvalue weighted by Gasteiger charge is -2.16. The molecule has 0 bridgehead atoms. The molecule has 0 unspecified atom stereocenters. The first-order valence-electron chi connectivity index (χ1n) is 6.86. The summed E-state index contributed by atoms with van der Waals surface area (Å²) >= 11 is 0. The van der Waals surface area contributed by atoms with Crippen molar-refractivity contribution in [2.75, 3.05) is 19.6 Å². The molecule has 20 heavy (non-hydrogen) atoms. The highest BCUT2D eigenvalue weighted by atomic mass is 17.2. The van der Waals surface area contributed by atoms with Crippen LogP contribution in [0.4, 0.5) is 0 Å². The molecule has 0 atom stereocenters. The van der Waals surface area contributed by atoms with Crippen molar-refractivity contribution in [2.24, 2.45) is 0 Å². The smallest absolute Gasteiger partial charge is 0.304 e. The van der Waals surface area contributed by atoms with Crippen LogP contribution in [0.3, 0.4) is 0 Å². The average molecular weight is 279 g/mol. The van der Waals surface area contributed by atoms with Crippen LogP contribution in [0, 0.1) is 0 Å². The fourth-order valence-corrected chi connectivity index (χ4v) is 1.74. The van der Waals surface area contributed by atoms with Crippen molar-refractivity contribution >= 4 is 11.9 Å². The van der Waals surface area contributed by atoms with E-state index in [2.05, 4.69) is 28.5 Å². The normalized spacial score (nSPS) is 10.3. The van der Waals surface area contributed by atoms with Gasteiger partial charge < -0.3 is 4.90 Å². The van der Waals surface area contributed by atoms with Crippen LogP contribution in [0.2, 0.25) is 0 Å². The van der Waals surface area contributed by atoms with Crippen molar-refractivity contribution in [1.29, 1.82) is 0 Å². The van der Waals surface area contributed by atoms with Gasteiger partial charge in [0.15, 0.2) is 0 Å². The summed E-state index contributed by atoms with van der Waals surface area (Å²) in [6, 6.07) is 8.40. The van der Waals surface area contributed by atoms with Gasteiger partial charge in [-0.2, -0.15) is 0 Å². The predicted octanol–water partition coefficient (Wildman–Crippen LogP) is 2.42. The molecule has 1 aromatic carbocycles. The summed E-state index contributed by atoms with van der Waals surface area (Å²) in [5.74, 6) is -1.19. The van der Waals surface area contributed by atoms with Crippen LogP contribution in [0.1, 0.15) is 37.0 Å². The Morgan fingerprint density at radius 3 is 2.30 bits per heavy atom. The molecule has 0 N–H and O–H groups in total. The minimum atomic E-state index is -0.664. The van der Waals surface area contributed by atoms with Crippen LogP contribution in [-0.4, -0.2) is 36.5 Å². The van der Waals surface area contributed by atoms with Gasteiger partial charge in [0.1, 0.15) is 0 Å². The van der Waals surface area contributed by atoms with E-state index in [9.17, 15) is 9.59 Å². The maximum absolute atomic E-state index is 11.5. The minimum absolute atomic E-state index is 0.235. The molecule has 0 fully saturated rings. The van der Waals surface area contributed by atoms with Gasteiger partial charge in [-0.1, -0.05) is 32.0 Å². The van der Waals surface area contributed by atoms with E-state index in [0.29, 0.717) is 12.0 Å². The van der Waals surface area contributed by atoms with Gasteiger partial charge in [-0.05, 0) is 38.2 Å². The Kier molecular flexibility index (Phi) is 7.35. The van der Waals surface area contributed by atoms with Crippen molar-refractivity contribution in [3.8, 4) is 0 Å². The Bertz CT molecular complexity index is 415. The van der Waals surface area contributed by atoms with Crippen LogP contribution < -0.4 is 0 Å². The van der Waals surface area contributed by atoms with E-state index in [0.717, 1.165) is 19.6 Å². The molecule has 0 saturated carbocycles. The summed E-state index contributed by atoms with van der Waals surface area (Å²) < 4.78 is 0. The van der Waals surface area contributed by atoms with Gasteiger partial charge in [0, 0.05) is 0 Å². The topological polar surface area (TPSA) is 55.8 Å². The number of rotatable bonds is 7. The van der Waals surface area contributed by atoms with Gasteiger partial charge in [-0.15, -0.1) is 0 Å². The third-order valence-corrected chi connectivity index (χ3v) is 2.97. The van der Waals surface area contributed by atoms with E-state index in [1.165, 1.54) is 0 Å². The molecular formula is C15H21NO4. The zero-order valence-corrected chi connectivity index (χ0v) is 12.0. The SMILES string of the molecule is CCN(CC)CCCC(=O)OOC(=O)c1ccccc1. The number of nitrogens with zero attached hydrogens (tertiary/aromatic N) is 1. The van der Waals surface area contributed by atoms with Crippen LogP contribution in [0.15, 0.2) is 30.3 Å². The molecule has 0 saturated heterocycles. The largest absolute Gasteiger partial charge is 0.386 e. The fourth-order valence-electron chi connectivity index (χ4n) is 1.74. The lowest BCUT2D eigenvalue weighted by molar-refractivity contribution is -0.234. The quantitative estimate of drug-likeness (QED) is 0.566. The Morgan fingerprint density at radius 2 is 1.70 bits per heavy atom. The molecule has 0 aliphatic rings. The number of carbonyl (C=O) groups is 2. The van der Waals surface area contributed by atoms with E-state index in [-0.39, 0.29) is 6.42 Å². The van der Waals surface area contributed by atoms with E-state index in [1.54, 1.807) is 30.3 Å². The van der Waals surface area contributed by atoms with Crippen LogP contribution in [0.25, 0.3) is 0 Å². The Morgan fingerprint density at radius 1 is 1.05 bits per heavy atom. The van der Waals surface area contributed by atoms with Gasteiger partial charge in [0.25, 0.3) is 0 Å². The summed E-state index contributed by atoms with van der Waals surface area (Å²) in [7, 11) is 0. The lowest BCUT2D eigenvalue weighted by Crippen LogP contribution is -2.24. The maximum atomic E-state index is 11.5. The molecule has 5 nitrogen and oxygen atoms in total. The van der Waals surface area contributed by atoms with E-state index >= 15 is 0 Å². The molecule has 0 aromatic heterocycles. The predicted molar refractivity (Wildman–Crippen MR) is 75.0 cm³/mol. The first-order valence-corrected chi connectivity index (χ1v) is 6.86. The molecule has 0 amide bonds. The van der Waals surface area contributed by atoms with Crippen molar-refractivity contribution in [1.82, 2.24) is 4.90 Å². The van der Waals surface area contributed by atoms with Crippen LogP contribution in [-0.2, 0) is 14.6 Å². The van der Waals surface area contributed by atoms with Crippen molar-refractivity contribution in [2.45, 2.75) is 26.7 Å². The van der Waals surface area contributed by atoms with Crippen molar-refractivity contribution in [3.05, 3.63) is 35.9 Å². The molecule has 1 rings (SSSR count). The highest BCUT2D eigenvalue weighted by Crippen LogP contribution is 2.03. The fraction of sp³-hybridized carbons (Fsp3) is 0.467. The number of hydrogen-bond acceptors (Lipinski definition) is 5. The number of carbonyl (C=O) groups excluding carboxylic acids is 2. The molecule has 0 aliphatic heterocycles. The highest BCUT2D eigenvalue weighted by Gasteiger charge is 2.12. The zero-order chi connectivity index (χ0) is 14.8. The standard InChI is InChI=1S/C15H21NO4/c1-3-16(4-2)12-8-11-14(17)19-20-15(18)13-9-6-5-7-10-13/h5-7,9-10H,3-4,8,11-12H2,1-2H3. The molecule has 0 spiro atoms.